The summed E-state index contributed by atoms with van der Waals surface area (Å²) in [5, 5.41) is 0.607. The molecule has 0 atom stereocenters. The number of hydrogen-bond donors (Lipinski definition) is 0. The average Bonchev–Trinajstić information content (AvgIpc) is 3.46. The van der Waals surface area contributed by atoms with Gasteiger partial charge >= 0.3 is 0 Å². The maximum atomic E-state index is 13.4. The Balaban J connectivity index is 1.50. The van der Waals surface area contributed by atoms with E-state index in [2.05, 4.69) is 0 Å². The number of benzene rings is 2. The van der Waals surface area contributed by atoms with Crippen LogP contribution in [0.1, 0.15) is 11.5 Å². The van der Waals surface area contributed by atoms with E-state index in [0.29, 0.717) is 37.2 Å². The first-order valence-electron chi connectivity index (χ1n) is 10.3. The number of amides is 1. The maximum absolute atomic E-state index is 13.4. The monoisotopic (exact) mass is 507 g/mol. The van der Waals surface area contributed by atoms with Gasteiger partial charge in [0.2, 0.25) is 0 Å². The Labute approximate surface area is 210 Å². The molecule has 0 unspecified atom stereocenters. The number of furan rings is 1. The number of rotatable bonds is 4. The van der Waals surface area contributed by atoms with Gasteiger partial charge in [0.15, 0.2) is 4.32 Å². The second-order valence-electron chi connectivity index (χ2n) is 7.64. The van der Waals surface area contributed by atoms with Crippen molar-refractivity contribution in [3.8, 4) is 17.0 Å². The molecule has 4 aromatic rings. The molecule has 2 aromatic heterocycles. The van der Waals surface area contributed by atoms with Gasteiger partial charge in [-0.15, -0.1) is 0 Å². The summed E-state index contributed by atoms with van der Waals surface area (Å²) in [5.41, 5.74) is 2.10. The molecule has 0 N–H and O–H groups in total. The number of nitrogens with zero attached hydrogens (tertiary/aromatic N) is 3. The summed E-state index contributed by atoms with van der Waals surface area (Å²) in [7, 11) is 1.78. The lowest BCUT2D eigenvalue weighted by Crippen LogP contribution is -2.33. The molecule has 0 spiro atoms. The van der Waals surface area contributed by atoms with E-state index in [9.17, 15) is 9.59 Å². The van der Waals surface area contributed by atoms with Crippen LogP contribution in [0.25, 0.3) is 23.1 Å². The highest BCUT2D eigenvalue weighted by Gasteiger charge is 2.38. The lowest BCUT2D eigenvalue weighted by atomic mass is 10.2. The molecule has 0 bridgehead atoms. The number of para-hydroxylation sites is 1. The maximum Gasteiger partial charge on any atom is 0.296 e. The fraction of sp³-hybridized carbons (Fsp3) is 0.0800. The first-order chi connectivity index (χ1) is 16.3. The van der Waals surface area contributed by atoms with E-state index in [1.165, 1.54) is 9.58 Å². The third-order valence-electron chi connectivity index (χ3n) is 5.55. The van der Waals surface area contributed by atoms with Crippen LogP contribution in [0.4, 0.5) is 5.69 Å². The highest BCUT2D eigenvalue weighted by atomic mass is 35.5. The first-order valence-corrected chi connectivity index (χ1v) is 11.9. The quantitative estimate of drug-likeness (QED) is 0.258. The fourth-order valence-electron chi connectivity index (χ4n) is 3.83. The van der Waals surface area contributed by atoms with E-state index >= 15 is 0 Å². The van der Waals surface area contributed by atoms with Gasteiger partial charge in [0.05, 0.1) is 16.3 Å². The normalized spacial score (nSPS) is 15.0. The van der Waals surface area contributed by atoms with Crippen LogP contribution < -0.4 is 10.5 Å². The number of carbonyl (C=O) groups is 1. The van der Waals surface area contributed by atoms with Gasteiger partial charge in [0.25, 0.3) is 11.5 Å². The van der Waals surface area contributed by atoms with Crippen molar-refractivity contribution in [2.75, 3.05) is 4.90 Å². The standard InChI is InChI=1S/C25H18ClN3O3S2/c1-15-22(24(31)29(27(15)2)18-9-4-3-5-10-18)28-23(30)21(34-25(28)33)14-19-11-12-20(32-19)16-7-6-8-17(26)13-16/h3-14H,1-2H3/b21-14+. The van der Waals surface area contributed by atoms with Crippen molar-refractivity contribution >= 4 is 57.6 Å². The number of anilines is 1. The van der Waals surface area contributed by atoms with E-state index in [1.54, 1.807) is 42.9 Å². The number of halogens is 1. The van der Waals surface area contributed by atoms with E-state index in [0.717, 1.165) is 17.3 Å². The molecule has 5 rings (SSSR count). The summed E-state index contributed by atoms with van der Waals surface area (Å²) in [4.78, 5) is 28.4. The minimum absolute atomic E-state index is 0.247. The molecule has 0 saturated carbocycles. The number of hydrogen-bond acceptors (Lipinski definition) is 5. The fourth-order valence-corrected chi connectivity index (χ4v) is 5.27. The van der Waals surface area contributed by atoms with Crippen molar-refractivity contribution in [2.24, 2.45) is 7.05 Å². The molecule has 2 aromatic carbocycles. The van der Waals surface area contributed by atoms with E-state index in [-0.39, 0.29) is 17.2 Å². The zero-order chi connectivity index (χ0) is 24.0. The van der Waals surface area contributed by atoms with Crippen molar-refractivity contribution in [2.45, 2.75) is 6.92 Å². The molecule has 6 nitrogen and oxygen atoms in total. The Morgan fingerprint density at radius 3 is 2.53 bits per heavy atom. The number of thioether (sulfide) groups is 1. The topological polar surface area (TPSA) is 60.4 Å². The molecule has 1 amide bonds. The van der Waals surface area contributed by atoms with E-state index in [4.69, 9.17) is 28.2 Å². The molecular formula is C25H18ClN3O3S2. The van der Waals surface area contributed by atoms with Crippen molar-refractivity contribution in [1.82, 2.24) is 9.36 Å². The largest absolute Gasteiger partial charge is 0.457 e. The Morgan fingerprint density at radius 2 is 1.79 bits per heavy atom. The molecule has 0 aliphatic carbocycles. The van der Waals surface area contributed by atoms with E-state index < -0.39 is 0 Å². The summed E-state index contributed by atoms with van der Waals surface area (Å²) < 4.78 is 9.45. The number of aromatic nitrogens is 2. The van der Waals surface area contributed by atoms with Crippen LogP contribution in [0, 0.1) is 6.92 Å². The van der Waals surface area contributed by atoms with Gasteiger partial charge < -0.3 is 4.42 Å². The molecule has 1 fully saturated rings. The summed E-state index contributed by atoms with van der Waals surface area (Å²) in [6, 6.07) is 20.2. The molecule has 3 heterocycles. The van der Waals surface area contributed by atoms with Gasteiger partial charge in [-0.1, -0.05) is 65.9 Å². The van der Waals surface area contributed by atoms with Crippen LogP contribution in [0.5, 0.6) is 0 Å². The highest BCUT2D eigenvalue weighted by molar-refractivity contribution is 8.27. The predicted molar refractivity (Wildman–Crippen MR) is 141 cm³/mol. The molecule has 0 radical (unpaired) electrons. The van der Waals surface area contributed by atoms with Crippen LogP contribution in [0.2, 0.25) is 5.02 Å². The molecule has 1 saturated heterocycles. The van der Waals surface area contributed by atoms with Gasteiger partial charge in [-0.2, -0.15) is 0 Å². The summed E-state index contributed by atoms with van der Waals surface area (Å²) in [6.45, 7) is 1.79. The van der Waals surface area contributed by atoms with Crippen LogP contribution in [0.15, 0.2) is 80.8 Å². The zero-order valence-electron chi connectivity index (χ0n) is 18.2. The molecule has 170 valence electrons. The molecule has 34 heavy (non-hydrogen) atoms. The molecule has 1 aliphatic heterocycles. The SMILES string of the molecule is Cc1c(N2C(=O)/C(=C\c3ccc(-c4cccc(Cl)c4)o3)SC2=S)c(=O)n(-c2ccccc2)n1C. The molecular weight excluding hydrogens is 490 g/mol. The second kappa shape index (κ2) is 8.79. The Morgan fingerprint density at radius 1 is 1.03 bits per heavy atom. The summed E-state index contributed by atoms with van der Waals surface area (Å²) in [6.07, 6.45) is 1.64. The van der Waals surface area contributed by atoms with Crippen molar-refractivity contribution in [3.63, 3.8) is 0 Å². The van der Waals surface area contributed by atoms with Gasteiger partial charge in [0.1, 0.15) is 17.2 Å². The summed E-state index contributed by atoms with van der Waals surface area (Å²) >= 11 is 12.7. The molecule has 1 aliphatic rings. The predicted octanol–water partition coefficient (Wildman–Crippen LogP) is 5.80. The van der Waals surface area contributed by atoms with E-state index in [1.807, 2.05) is 48.5 Å². The molecule has 9 heteroatoms. The second-order valence-corrected chi connectivity index (χ2v) is 9.75. The third-order valence-corrected chi connectivity index (χ3v) is 7.09. The van der Waals surface area contributed by atoms with Gasteiger partial charge in [-0.25, -0.2) is 4.68 Å². The Bertz CT molecular complexity index is 1530. The number of thiocarbonyl (C=S) groups is 1. The Kier molecular flexibility index (Phi) is 5.81. The first kappa shape index (κ1) is 22.5. The third kappa shape index (κ3) is 3.83. The zero-order valence-corrected chi connectivity index (χ0v) is 20.6. The van der Waals surface area contributed by atoms with Gasteiger partial charge in [0, 0.05) is 23.7 Å². The van der Waals surface area contributed by atoms with Crippen molar-refractivity contribution < 1.29 is 9.21 Å². The average molecular weight is 508 g/mol. The lowest BCUT2D eigenvalue weighted by Gasteiger charge is -2.12. The van der Waals surface area contributed by atoms with Crippen LogP contribution in [-0.4, -0.2) is 19.6 Å². The van der Waals surface area contributed by atoms with Crippen LogP contribution in [-0.2, 0) is 11.8 Å². The van der Waals surface area contributed by atoms with Crippen molar-refractivity contribution in [1.29, 1.82) is 0 Å². The lowest BCUT2D eigenvalue weighted by molar-refractivity contribution is -0.113. The van der Waals surface area contributed by atoms with Crippen LogP contribution >= 0.6 is 35.6 Å². The minimum Gasteiger partial charge on any atom is -0.457 e. The van der Waals surface area contributed by atoms with Crippen LogP contribution in [0.3, 0.4) is 0 Å². The Hall–Kier alpha value is -3.33. The van der Waals surface area contributed by atoms with Gasteiger partial charge in [-0.3, -0.25) is 19.2 Å². The number of carbonyl (C=O) groups excluding carboxylic acids is 1. The van der Waals surface area contributed by atoms with Crippen molar-refractivity contribution in [3.05, 3.63) is 98.5 Å². The minimum atomic E-state index is -0.360. The van der Waals surface area contributed by atoms with Gasteiger partial charge in [-0.05, 0) is 43.3 Å². The highest BCUT2D eigenvalue weighted by Crippen LogP contribution is 2.37. The summed E-state index contributed by atoms with van der Waals surface area (Å²) in [5.74, 6) is 0.776. The smallest absolute Gasteiger partial charge is 0.296 e.